The molecular formula is C12H19N. The Balaban J connectivity index is 2.72. The van der Waals surface area contributed by atoms with Crippen molar-refractivity contribution in [2.75, 3.05) is 0 Å². The van der Waals surface area contributed by atoms with E-state index < -0.39 is 0 Å². The third kappa shape index (κ3) is 2.56. The third-order valence-corrected chi connectivity index (χ3v) is 2.74. The fourth-order valence-corrected chi connectivity index (χ4v) is 1.74. The fourth-order valence-electron chi connectivity index (χ4n) is 1.74. The van der Waals surface area contributed by atoms with Crippen molar-refractivity contribution in [3.8, 4) is 0 Å². The molecule has 0 saturated carbocycles. The van der Waals surface area contributed by atoms with Gasteiger partial charge in [-0.2, -0.15) is 0 Å². The van der Waals surface area contributed by atoms with Gasteiger partial charge in [-0.15, -0.1) is 0 Å². The van der Waals surface area contributed by atoms with Gasteiger partial charge < -0.3 is 5.73 Å². The predicted molar refractivity (Wildman–Crippen MR) is 57.4 cm³/mol. The topological polar surface area (TPSA) is 26.0 Å². The van der Waals surface area contributed by atoms with Crippen molar-refractivity contribution in [1.82, 2.24) is 0 Å². The SMILES string of the molecule is CCC(CC)C(N)c1ccccc1. The first-order valence-corrected chi connectivity index (χ1v) is 5.10. The van der Waals surface area contributed by atoms with E-state index in [2.05, 4.69) is 38.1 Å². The monoisotopic (exact) mass is 177 g/mol. The molecular weight excluding hydrogens is 158 g/mol. The van der Waals surface area contributed by atoms with Gasteiger partial charge in [0.1, 0.15) is 0 Å². The molecule has 0 radical (unpaired) electrons. The van der Waals surface area contributed by atoms with Crippen molar-refractivity contribution < 1.29 is 0 Å². The highest BCUT2D eigenvalue weighted by Gasteiger charge is 2.14. The molecule has 0 aliphatic rings. The average Bonchev–Trinajstić information content (AvgIpc) is 2.21. The molecule has 1 atom stereocenters. The van der Waals surface area contributed by atoms with E-state index in [0.717, 1.165) is 12.8 Å². The molecule has 13 heavy (non-hydrogen) atoms. The van der Waals surface area contributed by atoms with Crippen LogP contribution < -0.4 is 5.73 Å². The first-order chi connectivity index (χ1) is 6.29. The molecule has 0 aliphatic heterocycles. The van der Waals surface area contributed by atoms with Crippen molar-refractivity contribution in [3.63, 3.8) is 0 Å². The van der Waals surface area contributed by atoms with E-state index in [1.165, 1.54) is 5.56 Å². The summed E-state index contributed by atoms with van der Waals surface area (Å²) in [7, 11) is 0. The number of hydrogen-bond donors (Lipinski definition) is 1. The summed E-state index contributed by atoms with van der Waals surface area (Å²) < 4.78 is 0. The Morgan fingerprint density at radius 3 is 2.08 bits per heavy atom. The molecule has 0 aromatic heterocycles. The first kappa shape index (κ1) is 10.3. The molecule has 0 amide bonds. The summed E-state index contributed by atoms with van der Waals surface area (Å²) in [5.41, 5.74) is 7.42. The van der Waals surface area contributed by atoms with Crippen molar-refractivity contribution in [1.29, 1.82) is 0 Å². The molecule has 1 rings (SSSR count). The van der Waals surface area contributed by atoms with Crippen molar-refractivity contribution >= 4 is 0 Å². The van der Waals surface area contributed by atoms with Gasteiger partial charge in [-0.05, 0) is 11.5 Å². The molecule has 1 aromatic carbocycles. The highest BCUT2D eigenvalue weighted by atomic mass is 14.6. The van der Waals surface area contributed by atoms with E-state index in [1.807, 2.05) is 6.07 Å². The van der Waals surface area contributed by atoms with Gasteiger partial charge in [-0.25, -0.2) is 0 Å². The van der Waals surface area contributed by atoms with Crippen LogP contribution in [0, 0.1) is 5.92 Å². The maximum atomic E-state index is 6.16. The van der Waals surface area contributed by atoms with Crippen molar-refractivity contribution in [2.24, 2.45) is 11.7 Å². The van der Waals surface area contributed by atoms with Gasteiger partial charge in [0.2, 0.25) is 0 Å². The van der Waals surface area contributed by atoms with Crippen LogP contribution >= 0.6 is 0 Å². The largest absolute Gasteiger partial charge is 0.324 e. The number of hydrogen-bond acceptors (Lipinski definition) is 1. The second kappa shape index (κ2) is 5.03. The van der Waals surface area contributed by atoms with Crippen LogP contribution in [0.4, 0.5) is 0 Å². The summed E-state index contributed by atoms with van der Waals surface area (Å²) in [6.45, 7) is 4.41. The number of nitrogens with two attached hydrogens (primary N) is 1. The quantitative estimate of drug-likeness (QED) is 0.751. The van der Waals surface area contributed by atoms with Crippen LogP contribution in [-0.2, 0) is 0 Å². The minimum atomic E-state index is 0.205. The lowest BCUT2D eigenvalue weighted by atomic mass is 9.90. The minimum Gasteiger partial charge on any atom is -0.324 e. The minimum absolute atomic E-state index is 0.205. The molecule has 0 heterocycles. The third-order valence-electron chi connectivity index (χ3n) is 2.74. The van der Waals surface area contributed by atoms with E-state index in [1.54, 1.807) is 0 Å². The van der Waals surface area contributed by atoms with Gasteiger partial charge in [-0.1, -0.05) is 57.0 Å². The molecule has 72 valence electrons. The van der Waals surface area contributed by atoms with E-state index in [-0.39, 0.29) is 6.04 Å². The molecule has 2 N–H and O–H groups in total. The molecule has 0 saturated heterocycles. The molecule has 1 heteroatoms. The standard InChI is InChI=1S/C12H19N/c1-3-10(4-2)12(13)11-8-6-5-7-9-11/h5-10,12H,3-4,13H2,1-2H3. The van der Waals surface area contributed by atoms with Gasteiger partial charge >= 0.3 is 0 Å². The Morgan fingerprint density at radius 2 is 1.62 bits per heavy atom. The van der Waals surface area contributed by atoms with Gasteiger partial charge in [0.15, 0.2) is 0 Å². The molecule has 0 bridgehead atoms. The summed E-state index contributed by atoms with van der Waals surface area (Å²) >= 11 is 0. The van der Waals surface area contributed by atoms with Crippen molar-refractivity contribution in [2.45, 2.75) is 32.7 Å². The maximum absolute atomic E-state index is 6.16. The summed E-state index contributed by atoms with van der Waals surface area (Å²) in [6, 6.07) is 10.6. The zero-order valence-corrected chi connectivity index (χ0v) is 8.53. The van der Waals surface area contributed by atoms with Crippen LogP contribution in [-0.4, -0.2) is 0 Å². The van der Waals surface area contributed by atoms with Crippen LogP contribution in [0.3, 0.4) is 0 Å². The van der Waals surface area contributed by atoms with Crippen LogP contribution in [0.15, 0.2) is 30.3 Å². The van der Waals surface area contributed by atoms with E-state index in [4.69, 9.17) is 5.73 Å². The lowest BCUT2D eigenvalue weighted by Crippen LogP contribution is -2.20. The van der Waals surface area contributed by atoms with Gasteiger partial charge in [-0.3, -0.25) is 0 Å². The summed E-state index contributed by atoms with van der Waals surface area (Å²) in [5.74, 6) is 0.613. The lowest BCUT2D eigenvalue weighted by Gasteiger charge is -2.21. The zero-order valence-electron chi connectivity index (χ0n) is 8.53. The summed E-state index contributed by atoms with van der Waals surface area (Å²) in [6.07, 6.45) is 2.32. The molecule has 1 nitrogen and oxygen atoms in total. The van der Waals surface area contributed by atoms with Crippen LogP contribution in [0.5, 0.6) is 0 Å². The molecule has 0 aliphatic carbocycles. The van der Waals surface area contributed by atoms with Gasteiger partial charge in [0, 0.05) is 6.04 Å². The molecule has 1 aromatic rings. The lowest BCUT2D eigenvalue weighted by molar-refractivity contribution is 0.405. The van der Waals surface area contributed by atoms with Gasteiger partial charge in [0.25, 0.3) is 0 Å². The number of rotatable bonds is 4. The van der Waals surface area contributed by atoms with Crippen LogP contribution in [0.1, 0.15) is 38.3 Å². The van der Waals surface area contributed by atoms with E-state index >= 15 is 0 Å². The van der Waals surface area contributed by atoms with E-state index in [9.17, 15) is 0 Å². The maximum Gasteiger partial charge on any atom is 0.0323 e. The second-order valence-electron chi connectivity index (χ2n) is 3.51. The van der Waals surface area contributed by atoms with Crippen molar-refractivity contribution in [3.05, 3.63) is 35.9 Å². The summed E-state index contributed by atoms with van der Waals surface area (Å²) in [5, 5.41) is 0. The average molecular weight is 177 g/mol. The van der Waals surface area contributed by atoms with Crippen LogP contribution in [0.25, 0.3) is 0 Å². The van der Waals surface area contributed by atoms with E-state index in [0.29, 0.717) is 5.92 Å². The molecule has 0 fully saturated rings. The highest BCUT2D eigenvalue weighted by Crippen LogP contribution is 2.24. The molecule has 1 unspecified atom stereocenters. The Hall–Kier alpha value is -0.820. The molecule has 0 spiro atoms. The van der Waals surface area contributed by atoms with Crippen LogP contribution in [0.2, 0.25) is 0 Å². The Bertz CT molecular complexity index is 226. The second-order valence-corrected chi connectivity index (χ2v) is 3.51. The zero-order chi connectivity index (χ0) is 9.68. The fraction of sp³-hybridized carbons (Fsp3) is 0.500. The Morgan fingerprint density at radius 1 is 1.08 bits per heavy atom. The van der Waals surface area contributed by atoms with Gasteiger partial charge in [0.05, 0.1) is 0 Å². The number of benzene rings is 1. The highest BCUT2D eigenvalue weighted by molar-refractivity contribution is 5.19. The predicted octanol–water partition coefficient (Wildman–Crippen LogP) is 3.12. The Labute approximate surface area is 81.0 Å². The smallest absolute Gasteiger partial charge is 0.0323 e. The Kier molecular flexibility index (Phi) is 3.97. The normalized spacial score (nSPS) is 13.2. The summed E-state index contributed by atoms with van der Waals surface area (Å²) in [4.78, 5) is 0. The first-order valence-electron chi connectivity index (χ1n) is 5.10.